The quantitative estimate of drug-likeness (QED) is 0.335. The third-order valence-electron chi connectivity index (χ3n) is 7.03. The molecule has 0 spiro atoms. The van der Waals surface area contributed by atoms with Gasteiger partial charge >= 0.3 is 0 Å². The minimum atomic E-state index is 0.941. The fourth-order valence-electron chi connectivity index (χ4n) is 5.12. The third-order valence-corrected chi connectivity index (χ3v) is 7.03. The van der Waals surface area contributed by atoms with Gasteiger partial charge in [-0.3, -0.25) is 0 Å². The molecule has 1 aliphatic heterocycles. The average Bonchev–Trinajstić information content (AvgIpc) is 3.11. The number of benzene rings is 2. The monoisotopic (exact) mass is 462 g/mol. The van der Waals surface area contributed by atoms with E-state index in [0.29, 0.717) is 0 Å². The maximum atomic E-state index is 4.83. The van der Waals surface area contributed by atoms with Crippen LogP contribution in [-0.4, -0.2) is 36.1 Å². The summed E-state index contributed by atoms with van der Waals surface area (Å²) in [7, 11) is 0. The smallest absolute Gasteiger partial charge is 0.128 e. The molecule has 0 radical (unpaired) electrons. The number of nitrogens with zero attached hydrogens (tertiary/aromatic N) is 4. The molecule has 0 bridgehead atoms. The van der Waals surface area contributed by atoms with Crippen molar-refractivity contribution >= 4 is 11.6 Å². The van der Waals surface area contributed by atoms with Crippen LogP contribution < -0.4 is 9.80 Å². The summed E-state index contributed by atoms with van der Waals surface area (Å²) >= 11 is 0. The van der Waals surface area contributed by atoms with Crippen LogP contribution in [0.4, 0.5) is 11.6 Å². The first kappa shape index (κ1) is 23.1. The molecule has 0 amide bonds. The Kier molecular flexibility index (Phi) is 6.54. The van der Waals surface area contributed by atoms with Gasteiger partial charge in [-0.15, -0.1) is 0 Å². The Morgan fingerprint density at radius 1 is 0.543 bits per heavy atom. The normalized spacial score (nSPS) is 14.2. The maximum Gasteiger partial charge on any atom is 0.128 e. The Bertz CT molecular complexity index is 1210. The molecule has 5 rings (SSSR count). The Morgan fingerprint density at radius 2 is 1.00 bits per heavy atom. The third kappa shape index (κ3) is 5.07. The molecule has 0 N–H and O–H groups in total. The molecule has 0 aliphatic carbocycles. The van der Waals surface area contributed by atoms with Gasteiger partial charge in [0.2, 0.25) is 0 Å². The number of hydrogen-bond donors (Lipinski definition) is 0. The van der Waals surface area contributed by atoms with Gasteiger partial charge in [0.15, 0.2) is 0 Å². The summed E-state index contributed by atoms with van der Waals surface area (Å²) in [6.45, 7) is 12.5. The predicted octanol–water partition coefficient (Wildman–Crippen LogP) is 6.76. The lowest BCUT2D eigenvalue weighted by Crippen LogP contribution is -2.31. The predicted molar refractivity (Wildman–Crippen MR) is 147 cm³/mol. The minimum Gasteiger partial charge on any atom is -0.355 e. The van der Waals surface area contributed by atoms with Crippen molar-refractivity contribution in [3.8, 4) is 22.3 Å². The van der Waals surface area contributed by atoms with Gasteiger partial charge in [0, 0.05) is 49.7 Å². The lowest BCUT2D eigenvalue weighted by Gasteiger charge is -2.24. The molecule has 1 fully saturated rings. The van der Waals surface area contributed by atoms with Crippen LogP contribution in [-0.2, 0) is 0 Å². The van der Waals surface area contributed by atoms with Gasteiger partial charge in [-0.05, 0) is 80.6 Å². The Balaban J connectivity index is 1.26. The SMILES string of the molecule is Cc1ccc(-c2ccc(N3CCCN(c4ccc(-c5ccc(C)cc5C)cn4)CC3)nc2)c(C)c1. The van der Waals surface area contributed by atoms with Crippen molar-refractivity contribution in [3.05, 3.63) is 95.3 Å². The van der Waals surface area contributed by atoms with Crippen LogP contribution in [0.15, 0.2) is 73.1 Å². The highest BCUT2D eigenvalue weighted by Gasteiger charge is 2.17. The second-order valence-electron chi connectivity index (χ2n) is 9.77. The zero-order chi connectivity index (χ0) is 24.4. The van der Waals surface area contributed by atoms with E-state index in [2.05, 4.69) is 98.2 Å². The highest BCUT2D eigenvalue weighted by molar-refractivity contribution is 5.69. The topological polar surface area (TPSA) is 32.3 Å². The van der Waals surface area contributed by atoms with Crippen molar-refractivity contribution < 1.29 is 0 Å². The lowest BCUT2D eigenvalue weighted by molar-refractivity contribution is 0.794. The lowest BCUT2D eigenvalue weighted by atomic mass is 10.0. The molecule has 0 atom stereocenters. The number of hydrogen-bond acceptors (Lipinski definition) is 4. The summed E-state index contributed by atoms with van der Waals surface area (Å²) in [6.07, 6.45) is 5.12. The summed E-state index contributed by atoms with van der Waals surface area (Å²) in [4.78, 5) is 14.5. The summed E-state index contributed by atoms with van der Waals surface area (Å²) in [6, 6.07) is 21.9. The van der Waals surface area contributed by atoms with E-state index in [4.69, 9.17) is 9.97 Å². The fourth-order valence-corrected chi connectivity index (χ4v) is 5.12. The van der Waals surface area contributed by atoms with Crippen LogP contribution in [0.25, 0.3) is 22.3 Å². The second-order valence-corrected chi connectivity index (χ2v) is 9.77. The Labute approximate surface area is 209 Å². The van der Waals surface area contributed by atoms with Gasteiger partial charge in [0.05, 0.1) is 0 Å². The van der Waals surface area contributed by atoms with Crippen LogP contribution in [0.3, 0.4) is 0 Å². The molecular weight excluding hydrogens is 428 g/mol. The second kappa shape index (κ2) is 9.91. The molecule has 1 saturated heterocycles. The van der Waals surface area contributed by atoms with E-state index >= 15 is 0 Å². The number of aromatic nitrogens is 2. The Hall–Kier alpha value is -3.66. The van der Waals surface area contributed by atoms with E-state index < -0.39 is 0 Å². The first-order chi connectivity index (χ1) is 17.0. The molecule has 1 aliphatic rings. The van der Waals surface area contributed by atoms with Crippen molar-refractivity contribution in [3.63, 3.8) is 0 Å². The van der Waals surface area contributed by atoms with E-state index in [1.165, 1.54) is 44.5 Å². The zero-order valence-electron chi connectivity index (χ0n) is 21.3. The van der Waals surface area contributed by atoms with Crippen LogP contribution in [0.2, 0.25) is 0 Å². The standard InChI is InChI=1S/C31H34N4/c1-22-6-10-28(24(3)18-22)26-8-12-30(32-20-26)34-14-5-15-35(17-16-34)31-13-9-27(21-33-31)29-11-7-23(2)19-25(29)4/h6-13,18-21H,5,14-17H2,1-4H3. The summed E-state index contributed by atoms with van der Waals surface area (Å²) in [5.41, 5.74) is 10.0. The van der Waals surface area contributed by atoms with E-state index in [1.54, 1.807) is 0 Å². The first-order valence-corrected chi connectivity index (χ1v) is 12.6. The van der Waals surface area contributed by atoms with Crippen molar-refractivity contribution in [2.75, 3.05) is 36.0 Å². The molecule has 0 saturated carbocycles. The first-order valence-electron chi connectivity index (χ1n) is 12.6. The molecule has 4 nitrogen and oxygen atoms in total. The van der Waals surface area contributed by atoms with Crippen molar-refractivity contribution in [2.24, 2.45) is 0 Å². The molecule has 178 valence electrons. The molecule has 3 heterocycles. The summed E-state index contributed by atoms with van der Waals surface area (Å²) in [5, 5.41) is 0. The fraction of sp³-hybridized carbons (Fsp3) is 0.290. The van der Waals surface area contributed by atoms with Crippen molar-refractivity contribution in [1.29, 1.82) is 0 Å². The van der Waals surface area contributed by atoms with E-state index in [-0.39, 0.29) is 0 Å². The summed E-state index contributed by atoms with van der Waals surface area (Å²) in [5.74, 6) is 2.11. The Morgan fingerprint density at radius 3 is 1.37 bits per heavy atom. The molecular formula is C31H34N4. The van der Waals surface area contributed by atoms with Crippen LogP contribution in [0.1, 0.15) is 28.7 Å². The van der Waals surface area contributed by atoms with E-state index in [0.717, 1.165) is 44.2 Å². The van der Waals surface area contributed by atoms with Crippen LogP contribution >= 0.6 is 0 Å². The van der Waals surface area contributed by atoms with Gasteiger partial charge < -0.3 is 9.80 Å². The van der Waals surface area contributed by atoms with Gasteiger partial charge in [0.1, 0.15) is 11.6 Å². The maximum absolute atomic E-state index is 4.83. The molecule has 4 aromatic rings. The van der Waals surface area contributed by atoms with Gasteiger partial charge in [0.25, 0.3) is 0 Å². The van der Waals surface area contributed by atoms with Crippen molar-refractivity contribution in [2.45, 2.75) is 34.1 Å². The average molecular weight is 463 g/mol. The van der Waals surface area contributed by atoms with Gasteiger partial charge in [-0.1, -0.05) is 47.5 Å². The van der Waals surface area contributed by atoms with Crippen LogP contribution in [0.5, 0.6) is 0 Å². The number of rotatable bonds is 4. The number of pyridine rings is 2. The molecule has 0 unspecified atom stereocenters. The number of anilines is 2. The molecule has 2 aromatic carbocycles. The summed E-state index contributed by atoms with van der Waals surface area (Å²) < 4.78 is 0. The zero-order valence-corrected chi connectivity index (χ0v) is 21.3. The van der Waals surface area contributed by atoms with Gasteiger partial charge in [-0.25, -0.2) is 9.97 Å². The molecule has 35 heavy (non-hydrogen) atoms. The highest BCUT2D eigenvalue weighted by atomic mass is 15.3. The van der Waals surface area contributed by atoms with Gasteiger partial charge in [-0.2, -0.15) is 0 Å². The minimum absolute atomic E-state index is 0.941. The van der Waals surface area contributed by atoms with E-state index in [9.17, 15) is 0 Å². The molecule has 4 heteroatoms. The van der Waals surface area contributed by atoms with Crippen molar-refractivity contribution in [1.82, 2.24) is 9.97 Å². The highest BCUT2D eigenvalue weighted by Crippen LogP contribution is 2.27. The largest absolute Gasteiger partial charge is 0.355 e. The van der Waals surface area contributed by atoms with Crippen LogP contribution in [0, 0.1) is 27.7 Å². The molecule has 2 aromatic heterocycles. The van der Waals surface area contributed by atoms with E-state index in [1.807, 2.05) is 12.4 Å². The number of aryl methyl sites for hydroxylation is 4.